The van der Waals surface area contributed by atoms with Crippen LogP contribution >= 0.6 is 39.9 Å². The molecule has 5 heteroatoms. The summed E-state index contributed by atoms with van der Waals surface area (Å²) in [6.45, 7) is 2.89. The van der Waals surface area contributed by atoms with Gasteiger partial charge in [0.15, 0.2) is 0 Å². The summed E-state index contributed by atoms with van der Waals surface area (Å²) in [6.07, 6.45) is 1.19. The Labute approximate surface area is 115 Å². The van der Waals surface area contributed by atoms with Crippen molar-refractivity contribution in [2.45, 2.75) is 6.42 Å². The van der Waals surface area contributed by atoms with Crippen LogP contribution in [0.2, 0.25) is 5.02 Å². The van der Waals surface area contributed by atoms with Crippen LogP contribution in [0.25, 0.3) is 0 Å². The van der Waals surface area contributed by atoms with E-state index in [0.29, 0.717) is 10.9 Å². The molecule has 0 amide bonds. The second-order valence-electron chi connectivity index (χ2n) is 3.74. The van der Waals surface area contributed by atoms with Crippen LogP contribution in [0.5, 0.6) is 5.75 Å². The second kappa shape index (κ2) is 6.70. The highest BCUT2D eigenvalue weighted by molar-refractivity contribution is 9.10. The van der Waals surface area contributed by atoms with E-state index in [1.807, 2.05) is 18.2 Å². The molecule has 0 spiro atoms. The lowest BCUT2D eigenvalue weighted by Crippen LogP contribution is -2.15. The van der Waals surface area contributed by atoms with E-state index >= 15 is 0 Å². The maximum Gasteiger partial charge on any atom is 0.137 e. The third-order valence-electron chi connectivity index (χ3n) is 2.53. The van der Waals surface area contributed by atoms with Gasteiger partial charge in [-0.3, -0.25) is 0 Å². The van der Waals surface area contributed by atoms with Gasteiger partial charge in [-0.1, -0.05) is 27.5 Å². The van der Waals surface area contributed by atoms with E-state index in [-0.39, 0.29) is 12.4 Å². The van der Waals surface area contributed by atoms with Crippen molar-refractivity contribution >= 4 is 39.9 Å². The van der Waals surface area contributed by atoms with Crippen LogP contribution in [0.4, 0.5) is 0 Å². The van der Waals surface area contributed by atoms with Gasteiger partial charge in [0.25, 0.3) is 0 Å². The predicted octanol–water partition coefficient (Wildman–Crippen LogP) is 3.51. The molecule has 1 heterocycles. The fraction of sp³-hybridized carbons (Fsp3) is 0.455. The number of halogens is 3. The maximum atomic E-state index is 6.04. The van der Waals surface area contributed by atoms with E-state index in [9.17, 15) is 0 Å². The standard InChI is InChI=1S/C11H13BrClNO.ClH/c12-9-1-2-11(10(13)5-9)15-7-8-3-4-14-6-8;/h1-2,5,8,14H,3-4,6-7H2;1H. The second-order valence-corrected chi connectivity index (χ2v) is 5.07. The molecular formula is C11H14BrCl2NO. The van der Waals surface area contributed by atoms with Crippen LogP contribution < -0.4 is 10.1 Å². The summed E-state index contributed by atoms with van der Waals surface area (Å²) in [5, 5.41) is 3.97. The number of rotatable bonds is 3. The molecule has 1 atom stereocenters. The van der Waals surface area contributed by atoms with Gasteiger partial charge >= 0.3 is 0 Å². The Hall–Kier alpha value is 0.0400. The Morgan fingerprint density at radius 1 is 1.50 bits per heavy atom. The molecule has 1 unspecified atom stereocenters. The van der Waals surface area contributed by atoms with E-state index in [0.717, 1.165) is 29.9 Å². The Bertz CT molecular complexity index is 343. The quantitative estimate of drug-likeness (QED) is 0.917. The van der Waals surface area contributed by atoms with Crippen molar-refractivity contribution in [1.82, 2.24) is 5.32 Å². The summed E-state index contributed by atoms with van der Waals surface area (Å²) in [7, 11) is 0. The molecule has 90 valence electrons. The Balaban J connectivity index is 0.00000128. The zero-order valence-electron chi connectivity index (χ0n) is 8.71. The summed E-state index contributed by atoms with van der Waals surface area (Å²) in [4.78, 5) is 0. The zero-order chi connectivity index (χ0) is 10.7. The number of hydrogen-bond acceptors (Lipinski definition) is 2. The molecule has 0 radical (unpaired) electrons. The molecule has 2 nitrogen and oxygen atoms in total. The van der Waals surface area contributed by atoms with Crippen molar-refractivity contribution in [3.05, 3.63) is 27.7 Å². The molecule has 0 bridgehead atoms. The lowest BCUT2D eigenvalue weighted by atomic mass is 10.1. The van der Waals surface area contributed by atoms with Gasteiger partial charge in [-0.2, -0.15) is 0 Å². The van der Waals surface area contributed by atoms with Crippen molar-refractivity contribution in [1.29, 1.82) is 0 Å². The summed E-state index contributed by atoms with van der Waals surface area (Å²) in [5.41, 5.74) is 0. The summed E-state index contributed by atoms with van der Waals surface area (Å²) < 4.78 is 6.66. The van der Waals surface area contributed by atoms with Crippen molar-refractivity contribution in [3.8, 4) is 5.75 Å². The van der Waals surface area contributed by atoms with E-state index in [2.05, 4.69) is 21.2 Å². The Kier molecular flexibility index (Phi) is 5.90. The Morgan fingerprint density at radius 3 is 2.94 bits per heavy atom. The lowest BCUT2D eigenvalue weighted by Gasteiger charge is -2.12. The fourth-order valence-electron chi connectivity index (χ4n) is 1.66. The van der Waals surface area contributed by atoms with Gasteiger partial charge in [0.05, 0.1) is 11.6 Å². The van der Waals surface area contributed by atoms with Crippen molar-refractivity contribution in [3.63, 3.8) is 0 Å². The average Bonchev–Trinajstić information content (AvgIpc) is 2.69. The highest BCUT2D eigenvalue weighted by Gasteiger charge is 2.15. The number of ether oxygens (including phenoxy) is 1. The van der Waals surface area contributed by atoms with Gasteiger partial charge in [-0.05, 0) is 31.2 Å². The van der Waals surface area contributed by atoms with Crippen LogP contribution in [0.1, 0.15) is 6.42 Å². The minimum atomic E-state index is 0. The van der Waals surface area contributed by atoms with Crippen LogP contribution in [-0.2, 0) is 0 Å². The topological polar surface area (TPSA) is 21.3 Å². The third-order valence-corrected chi connectivity index (χ3v) is 3.32. The monoisotopic (exact) mass is 325 g/mol. The van der Waals surface area contributed by atoms with E-state index in [1.54, 1.807) is 0 Å². The van der Waals surface area contributed by atoms with Gasteiger partial charge in [0, 0.05) is 16.9 Å². The average molecular weight is 327 g/mol. The smallest absolute Gasteiger partial charge is 0.137 e. The van der Waals surface area contributed by atoms with Gasteiger partial charge in [0.1, 0.15) is 5.75 Å². The van der Waals surface area contributed by atoms with Crippen molar-refractivity contribution < 1.29 is 4.74 Å². The molecular weight excluding hydrogens is 313 g/mol. The van der Waals surface area contributed by atoms with Crippen molar-refractivity contribution in [2.24, 2.45) is 5.92 Å². The highest BCUT2D eigenvalue weighted by atomic mass is 79.9. The van der Waals surface area contributed by atoms with Crippen LogP contribution in [-0.4, -0.2) is 19.7 Å². The molecule has 1 aromatic carbocycles. The summed E-state index contributed by atoms with van der Waals surface area (Å²) >= 11 is 9.41. The van der Waals surface area contributed by atoms with E-state index in [1.165, 1.54) is 6.42 Å². The molecule has 0 aromatic heterocycles. The molecule has 2 rings (SSSR count). The SMILES string of the molecule is Cl.Clc1cc(Br)ccc1OCC1CCNC1. The minimum absolute atomic E-state index is 0. The number of hydrogen-bond donors (Lipinski definition) is 1. The maximum absolute atomic E-state index is 6.04. The lowest BCUT2D eigenvalue weighted by molar-refractivity contribution is 0.260. The fourth-order valence-corrected chi connectivity index (χ4v) is 2.38. The van der Waals surface area contributed by atoms with Gasteiger partial charge in [-0.15, -0.1) is 12.4 Å². The van der Waals surface area contributed by atoms with Crippen LogP contribution in [0, 0.1) is 5.92 Å². The molecule has 1 aliphatic heterocycles. The molecule has 16 heavy (non-hydrogen) atoms. The molecule has 1 aromatic rings. The molecule has 1 saturated heterocycles. The minimum Gasteiger partial charge on any atom is -0.492 e. The van der Waals surface area contributed by atoms with E-state index < -0.39 is 0 Å². The molecule has 1 aliphatic rings. The molecule has 0 saturated carbocycles. The predicted molar refractivity (Wildman–Crippen MR) is 72.9 cm³/mol. The summed E-state index contributed by atoms with van der Waals surface area (Å²) in [5.74, 6) is 1.39. The molecule has 1 N–H and O–H groups in total. The van der Waals surface area contributed by atoms with Gasteiger partial charge < -0.3 is 10.1 Å². The Morgan fingerprint density at radius 2 is 2.31 bits per heavy atom. The van der Waals surface area contributed by atoms with E-state index in [4.69, 9.17) is 16.3 Å². The first kappa shape index (κ1) is 14.1. The number of benzene rings is 1. The van der Waals surface area contributed by atoms with Crippen LogP contribution in [0.3, 0.4) is 0 Å². The largest absolute Gasteiger partial charge is 0.492 e. The normalized spacial score (nSPS) is 19.2. The molecule has 1 fully saturated rings. The zero-order valence-corrected chi connectivity index (χ0v) is 11.9. The highest BCUT2D eigenvalue weighted by Crippen LogP contribution is 2.28. The summed E-state index contributed by atoms with van der Waals surface area (Å²) in [6, 6.07) is 5.69. The first-order valence-electron chi connectivity index (χ1n) is 5.04. The molecule has 0 aliphatic carbocycles. The number of nitrogens with one attached hydrogen (secondary N) is 1. The van der Waals surface area contributed by atoms with Gasteiger partial charge in [-0.25, -0.2) is 0 Å². The third kappa shape index (κ3) is 3.81. The first-order valence-corrected chi connectivity index (χ1v) is 6.21. The van der Waals surface area contributed by atoms with Gasteiger partial charge in [0.2, 0.25) is 0 Å². The van der Waals surface area contributed by atoms with Crippen LogP contribution in [0.15, 0.2) is 22.7 Å². The first-order chi connectivity index (χ1) is 7.25. The van der Waals surface area contributed by atoms with Crippen molar-refractivity contribution in [2.75, 3.05) is 19.7 Å².